The Kier molecular flexibility index (Phi) is 4.05. The maximum atomic E-state index is 13.5. The fourth-order valence-corrected chi connectivity index (χ4v) is 1.29. The zero-order chi connectivity index (χ0) is 13.0. The van der Waals surface area contributed by atoms with Crippen LogP contribution in [0.15, 0.2) is 18.2 Å². The van der Waals surface area contributed by atoms with Gasteiger partial charge in [0, 0.05) is 6.04 Å². The molecule has 0 bridgehead atoms. The summed E-state index contributed by atoms with van der Waals surface area (Å²) in [4.78, 5) is 10.7. The number of hydrogen-bond donors (Lipinski definition) is 2. The molecule has 2 N–H and O–H groups in total. The van der Waals surface area contributed by atoms with Gasteiger partial charge in [-0.15, -0.1) is 0 Å². The van der Waals surface area contributed by atoms with Gasteiger partial charge in [0.15, 0.2) is 0 Å². The van der Waals surface area contributed by atoms with Crippen LogP contribution in [0.5, 0.6) is 0 Å². The molecule has 0 aromatic heterocycles. The molecule has 4 nitrogen and oxygen atoms in total. The molecule has 0 heterocycles. The molecule has 2 atom stereocenters. The highest BCUT2D eigenvalue weighted by Gasteiger charge is 2.20. The van der Waals surface area contributed by atoms with Crippen LogP contribution in [-0.4, -0.2) is 17.1 Å². The molecule has 0 aliphatic heterocycles. The molecule has 0 aliphatic rings. The molecule has 2 unspecified atom stereocenters. The normalized spacial score (nSPS) is 13.5. The lowest BCUT2D eigenvalue weighted by Crippen LogP contribution is -2.30. The van der Waals surface area contributed by atoms with Gasteiger partial charge in [0.25, 0.3) is 0 Å². The zero-order valence-electron chi connectivity index (χ0n) is 9.57. The van der Waals surface area contributed by atoms with Crippen molar-refractivity contribution in [2.24, 2.45) is 5.92 Å². The monoisotopic (exact) mass is 236 g/mol. The van der Waals surface area contributed by atoms with E-state index in [0.717, 1.165) is 6.07 Å². The smallest absolute Gasteiger partial charge is 0.308 e. The SMILES string of the molecule is CC(Nc1ccc(C#N)cc1F)C(C)C(=O)O. The van der Waals surface area contributed by atoms with Gasteiger partial charge in [-0.05, 0) is 32.0 Å². The van der Waals surface area contributed by atoms with Gasteiger partial charge in [-0.2, -0.15) is 5.26 Å². The number of benzene rings is 1. The Hall–Kier alpha value is -2.09. The number of carbonyl (C=O) groups is 1. The molecule has 17 heavy (non-hydrogen) atoms. The van der Waals surface area contributed by atoms with Gasteiger partial charge < -0.3 is 10.4 Å². The van der Waals surface area contributed by atoms with Gasteiger partial charge in [-0.1, -0.05) is 0 Å². The van der Waals surface area contributed by atoms with Gasteiger partial charge in [0.2, 0.25) is 0 Å². The van der Waals surface area contributed by atoms with Crippen LogP contribution in [-0.2, 0) is 4.79 Å². The number of carboxylic acids is 1. The number of halogens is 1. The molecule has 0 fully saturated rings. The van der Waals surface area contributed by atoms with Crippen LogP contribution < -0.4 is 5.32 Å². The number of hydrogen-bond acceptors (Lipinski definition) is 3. The summed E-state index contributed by atoms with van der Waals surface area (Å²) in [5, 5.41) is 20.2. The number of nitrogens with zero attached hydrogens (tertiary/aromatic N) is 1. The van der Waals surface area contributed by atoms with Gasteiger partial charge in [-0.25, -0.2) is 4.39 Å². The predicted octanol–water partition coefficient (Wildman–Crippen LogP) is 2.22. The van der Waals surface area contributed by atoms with Crippen molar-refractivity contribution in [2.75, 3.05) is 5.32 Å². The number of anilines is 1. The molecule has 0 radical (unpaired) electrons. The molecular weight excluding hydrogens is 223 g/mol. The lowest BCUT2D eigenvalue weighted by atomic mass is 10.0. The minimum Gasteiger partial charge on any atom is -0.481 e. The van der Waals surface area contributed by atoms with E-state index in [-0.39, 0.29) is 11.3 Å². The van der Waals surface area contributed by atoms with Gasteiger partial charge in [0.05, 0.1) is 23.2 Å². The summed E-state index contributed by atoms with van der Waals surface area (Å²) >= 11 is 0. The molecule has 5 heteroatoms. The summed E-state index contributed by atoms with van der Waals surface area (Å²) in [5.41, 5.74) is 0.427. The van der Waals surface area contributed by atoms with E-state index in [1.165, 1.54) is 12.1 Å². The number of nitrogens with one attached hydrogen (secondary N) is 1. The Balaban J connectivity index is 2.82. The van der Waals surface area contributed by atoms with E-state index in [1.54, 1.807) is 13.8 Å². The molecule has 0 saturated heterocycles. The van der Waals surface area contributed by atoms with Crippen LogP contribution in [0.3, 0.4) is 0 Å². The summed E-state index contributed by atoms with van der Waals surface area (Å²) < 4.78 is 13.5. The molecule has 1 aromatic rings. The van der Waals surface area contributed by atoms with Crippen molar-refractivity contribution < 1.29 is 14.3 Å². The predicted molar refractivity (Wildman–Crippen MR) is 61.0 cm³/mol. The van der Waals surface area contributed by atoms with E-state index in [9.17, 15) is 9.18 Å². The summed E-state index contributed by atoms with van der Waals surface area (Å²) in [6.07, 6.45) is 0. The number of carboxylic acid groups (broad SMARTS) is 1. The molecule has 1 aromatic carbocycles. The highest BCUT2D eigenvalue weighted by atomic mass is 19.1. The van der Waals surface area contributed by atoms with Gasteiger partial charge >= 0.3 is 5.97 Å². The topological polar surface area (TPSA) is 73.1 Å². The van der Waals surface area contributed by atoms with Crippen LogP contribution >= 0.6 is 0 Å². The first-order chi connectivity index (χ1) is 7.95. The fourth-order valence-electron chi connectivity index (χ4n) is 1.29. The third kappa shape index (κ3) is 3.18. The van der Waals surface area contributed by atoms with Crippen LogP contribution in [0, 0.1) is 23.1 Å². The second-order valence-corrected chi connectivity index (χ2v) is 3.87. The van der Waals surface area contributed by atoms with E-state index in [0.29, 0.717) is 0 Å². The molecule has 0 amide bonds. The number of nitriles is 1. The first-order valence-electron chi connectivity index (χ1n) is 5.14. The molecule has 0 saturated carbocycles. The second-order valence-electron chi connectivity index (χ2n) is 3.87. The molecule has 1 rings (SSSR count). The van der Waals surface area contributed by atoms with E-state index < -0.39 is 23.7 Å². The molecule has 0 spiro atoms. The first kappa shape index (κ1) is 13.0. The van der Waals surface area contributed by atoms with Crippen molar-refractivity contribution in [3.8, 4) is 6.07 Å². The Morgan fingerprint density at radius 1 is 1.53 bits per heavy atom. The van der Waals surface area contributed by atoms with Crippen LogP contribution in [0.25, 0.3) is 0 Å². The Labute approximate surface area is 98.7 Å². The van der Waals surface area contributed by atoms with Crippen molar-refractivity contribution in [2.45, 2.75) is 19.9 Å². The highest BCUT2D eigenvalue weighted by Crippen LogP contribution is 2.18. The van der Waals surface area contributed by atoms with Crippen molar-refractivity contribution in [3.63, 3.8) is 0 Å². The van der Waals surface area contributed by atoms with Gasteiger partial charge in [0.1, 0.15) is 5.82 Å². The van der Waals surface area contributed by atoms with Gasteiger partial charge in [-0.3, -0.25) is 4.79 Å². The van der Waals surface area contributed by atoms with Crippen LogP contribution in [0.4, 0.5) is 10.1 Å². The summed E-state index contributed by atoms with van der Waals surface area (Å²) in [5.74, 6) is -2.14. The van der Waals surface area contributed by atoms with Crippen LogP contribution in [0.2, 0.25) is 0 Å². The minimum atomic E-state index is -0.945. The number of rotatable bonds is 4. The lowest BCUT2D eigenvalue weighted by molar-refractivity contribution is -0.141. The Morgan fingerprint density at radius 3 is 2.65 bits per heavy atom. The van der Waals surface area contributed by atoms with Crippen LogP contribution in [0.1, 0.15) is 19.4 Å². The van der Waals surface area contributed by atoms with Crippen molar-refractivity contribution in [3.05, 3.63) is 29.6 Å². The van der Waals surface area contributed by atoms with Crippen molar-refractivity contribution in [1.82, 2.24) is 0 Å². The Morgan fingerprint density at radius 2 is 2.18 bits per heavy atom. The fraction of sp³-hybridized carbons (Fsp3) is 0.333. The summed E-state index contributed by atoms with van der Waals surface area (Å²) in [6, 6.07) is 5.44. The maximum absolute atomic E-state index is 13.5. The average Bonchev–Trinajstić information content (AvgIpc) is 2.30. The maximum Gasteiger partial charge on any atom is 0.308 e. The summed E-state index contributed by atoms with van der Waals surface area (Å²) in [7, 11) is 0. The van der Waals surface area contributed by atoms with Crippen molar-refractivity contribution >= 4 is 11.7 Å². The standard InChI is InChI=1S/C12H13FN2O2/c1-7(12(16)17)8(2)15-11-4-3-9(6-14)5-10(11)13/h3-5,7-8,15H,1-2H3,(H,16,17). The van der Waals surface area contributed by atoms with E-state index in [4.69, 9.17) is 10.4 Å². The van der Waals surface area contributed by atoms with E-state index >= 15 is 0 Å². The Bertz CT molecular complexity index is 468. The van der Waals surface area contributed by atoms with E-state index in [2.05, 4.69) is 5.32 Å². The molecule has 0 aliphatic carbocycles. The lowest BCUT2D eigenvalue weighted by Gasteiger charge is -2.19. The average molecular weight is 236 g/mol. The largest absolute Gasteiger partial charge is 0.481 e. The van der Waals surface area contributed by atoms with E-state index in [1.807, 2.05) is 6.07 Å². The first-order valence-corrected chi connectivity index (χ1v) is 5.14. The third-order valence-electron chi connectivity index (χ3n) is 2.62. The highest BCUT2D eigenvalue weighted by molar-refractivity contribution is 5.71. The van der Waals surface area contributed by atoms with Crippen molar-refractivity contribution in [1.29, 1.82) is 5.26 Å². The molecular formula is C12H13FN2O2. The second kappa shape index (κ2) is 5.30. The minimum absolute atomic E-state index is 0.199. The zero-order valence-corrected chi connectivity index (χ0v) is 9.57. The third-order valence-corrected chi connectivity index (χ3v) is 2.62. The number of aliphatic carboxylic acids is 1. The molecule has 90 valence electrons. The summed E-state index contributed by atoms with van der Waals surface area (Å²) in [6.45, 7) is 3.21. The quantitative estimate of drug-likeness (QED) is 0.840.